The molecule has 312 valence electrons. The number of hydrogen-bond acceptors (Lipinski definition) is 5. The van der Waals surface area contributed by atoms with Crippen LogP contribution in [0, 0.1) is 0 Å². The largest absolute Gasteiger partial charge is 0.462 e. The quantitative estimate of drug-likeness (QED) is 0.0330. The summed E-state index contributed by atoms with van der Waals surface area (Å²) in [6.07, 6.45) is 50.0. The van der Waals surface area contributed by atoms with E-state index in [0.717, 1.165) is 70.6 Å². The lowest BCUT2D eigenvalue weighted by molar-refractivity contribution is -0.151. The van der Waals surface area contributed by atoms with Crippen LogP contribution in [0.25, 0.3) is 0 Å². The normalized spacial score (nSPS) is 13.9. The maximum Gasteiger partial charge on any atom is 0.306 e. The highest BCUT2D eigenvalue weighted by Gasteiger charge is 2.24. The van der Waals surface area contributed by atoms with Crippen molar-refractivity contribution in [3.05, 3.63) is 60.8 Å². The molecule has 1 amide bonds. The van der Waals surface area contributed by atoms with Gasteiger partial charge in [-0.3, -0.25) is 9.59 Å². The SMILES string of the molecule is CC/C=C/C=C/C=C\C=C/C=C/CCCCCC(=O)OC(CCCCCCCCC)CC(=O)NC(CO)C(O)CCCCCCCCCCCCCCC. The van der Waals surface area contributed by atoms with Gasteiger partial charge in [-0.1, -0.05) is 210 Å². The molecule has 54 heavy (non-hydrogen) atoms. The molecule has 0 aliphatic heterocycles. The van der Waals surface area contributed by atoms with E-state index < -0.39 is 18.2 Å². The second kappa shape index (κ2) is 41.7. The molecule has 3 atom stereocenters. The molecular weight excluding hydrogens is 671 g/mol. The van der Waals surface area contributed by atoms with Crippen molar-refractivity contribution >= 4 is 11.9 Å². The predicted molar refractivity (Wildman–Crippen MR) is 232 cm³/mol. The lowest BCUT2D eigenvalue weighted by Crippen LogP contribution is -2.46. The Kier molecular flexibility index (Phi) is 39.8. The summed E-state index contributed by atoms with van der Waals surface area (Å²) >= 11 is 0. The van der Waals surface area contributed by atoms with Crippen LogP contribution in [0.15, 0.2) is 60.8 Å². The zero-order chi connectivity index (χ0) is 39.6. The van der Waals surface area contributed by atoms with Crippen molar-refractivity contribution in [2.75, 3.05) is 6.61 Å². The highest BCUT2D eigenvalue weighted by atomic mass is 16.5. The second-order valence-electron chi connectivity index (χ2n) is 15.2. The standard InChI is InChI=1S/C48H85NO5/c1-4-7-10-13-16-18-20-22-23-25-27-29-32-35-38-41-48(53)54-44(39-36-33-30-15-12-9-6-3)42-47(52)49-45(43-50)46(51)40-37-34-31-28-26-24-21-19-17-14-11-8-5-2/h7,10,13,16,18,20,22-23,25,27,44-46,50-51H,4-6,8-9,11-12,14-15,17,19,21,24,26,28-43H2,1-3H3,(H,49,52)/b10-7+,16-13+,20-18-,23-22-,27-25+. The van der Waals surface area contributed by atoms with E-state index in [1.807, 2.05) is 42.5 Å². The summed E-state index contributed by atoms with van der Waals surface area (Å²) in [6.45, 7) is 6.28. The smallest absolute Gasteiger partial charge is 0.306 e. The van der Waals surface area contributed by atoms with Crippen molar-refractivity contribution in [1.82, 2.24) is 5.32 Å². The van der Waals surface area contributed by atoms with Gasteiger partial charge in [0.05, 0.1) is 25.2 Å². The average molecular weight is 756 g/mol. The Hall–Kier alpha value is -2.44. The van der Waals surface area contributed by atoms with Gasteiger partial charge < -0.3 is 20.3 Å². The lowest BCUT2D eigenvalue weighted by atomic mass is 10.0. The highest BCUT2D eigenvalue weighted by molar-refractivity contribution is 5.77. The van der Waals surface area contributed by atoms with Crippen molar-refractivity contribution in [3.8, 4) is 0 Å². The Morgan fingerprint density at radius 1 is 0.556 bits per heavy atom. The summed E-state index contributed by atoms with van der Waals surface area (Å²) in [7, 11) is 0. The maximum atomic E-state index is 13.1. The molecule has 0 saturated heterocycles. The summed E-state index contributed by atoms with van der Waals surface area (Å²) in [5, 5.41) is 23.6. The van der Waals surface area contributed by atoms with Gasteiger partial charge in [-0.25, -0.2) is 0 Å². The number of ether oxygens (including phenoxy) is 1. The van der Waals surface area contributed by atoms with Crippen LogP contribution in [0.4, 0.5) is 0 Å². The number of unbranched alkanes of at least 4 members (excludes halogenated alkanes) is 21. The summed E-state index contributed by atoms with van der Waals surface area (Å²) < 4.78 is 5.85. The molecule has 0 aromatic rings. The first kappa shape index (κ1) is 51.6. The fourth-order valence-electron chi connectivity index (χ4n) is 6.57. The Labute approximate surface area is 333 Å². The van der Waals surface area contributed by atoms with Crippen molar-refractivity contribution in [2.24, 2.45) is 0 Å². The van der Waals surface area contributed by atoms with Gasteiger partial charge in [0.1, 0.15) is 6.10 Å². The van der Waals surface area contributed by atoms with Crippen molar-refractivity contribution in [2.45, 2.75) is 225 Å². The molecule has 6 heteroatoms. The number of carbonyl (C=O) groups excluding carboxylic acids is 2. The van der Waals surface area contributed by atoms with E-state index in [9.17, 15) is 19.8 Å². The molecule has 0 fully saturated rings. The monoisotopic (exact) mass is 756 g/mol. The minimum Gasteiger partial charge on any atom is -0.462 e. The number of carbonyl (C=O) groups is 2. The minimum atomic E-state index is -0.793. The Morgan fingerprint density at radius 2 is 1.00 bits per heavy atom. The number of rotatable bonds is 39. The lowest BCUT2D eigenvalue weighted by Gasteiger charge is -2.24. The van der Waals surface area contributed by atoms with E-state index in [4.69, 9.17) is 4.74 Å². The maximum absolute atomic E-state index is 13.1. The number of hydrogen-bond donors (Lipinski definition) is 3. The number of nitrogens with one attached hydrogen (secondary N) is 1. The molecule has 6 nitrogen and oxygen atoms in total. The molecule has 0 saturated carbocycles. The van der Waals surface area contributed by atoms with E-state index in [0.29, 0.717) is 19.3 Å². The highest BCUT2D eigenvalue weighted by Crippen LogP contribution is 2.17. The number of amides is 1. The molecular formula is C48H85NO5. The average Bonchev–Trinajstić information content (AvgIpc) is 3.16. The summed E-state index contributed by atoms with van der Waals surface area (Å²) in [5.74, 6) is -0.530. The molecule has 0 aliphatic rings. The minimum absolute atomic E-state index is 0.0588. The molecule has 0 spiro atoms. The number of aliphatic hydroxyl groups excluding tert-OH is 2. The zero-order valence-electron chi connectivity index (χ0n) is 35.3. The summed E-state index contributed by atoms with van der Waals surface area (Å²) in [5.41, 5.74) is 0. The fraction of sp³-hybridized carbons (Fsp3) is 0.750. The molecule has 0 heterocycles. The molecule has 0 radical (unpaired) electrons. The van der Waals surface area contributed by atoms with Crippen LogP contribution in [-0.2, 0) is 14.3 Å². The van der Waals surface area contributed by atoms with Gasteiger partial charge in [0.2, 0.25) is 5.91 Å². The summed E-state index contributed by atoms with van der Waals surface area (Å²) in [4.78, 5) is 25.9. The molecule has 0 rings (SSSR count). The van der Waals surface area contributed by atoms with Gasteiger partial charge in [-0.2, -0.15) is 0 Å². The third-order valence-electron chi connectivity index (χ3n) is 9.99. The molecule has 0 bridgehead atoms. The number of esters is 1. The Morgan fingerprint density at radius 3 is 1.50 bits per heavy atom. The fourth-order valence-corrected chi connectivity index (χ4v) is 6.57. The van der Waals surface area contributed by atoms with Crippen LogP contribution in [0.2, 0.25) is 0 Å². The first-order valence-electron chi connectivity index (χ1n) is 22.6. The zero-order valence-corrected chi connectivity index (χ0v) is 35.3. The van der Waals surface area contributed by atoms with Gasteiger partial charge >= 0.3 is 5.97 Å². The van der Waals surface area contributed by atoms with Gasteiger partial charge in [0.25, 0.3) is 0 Å². The van der Waals surface area contributed by atoms with Crippen molar-refractivity contribution < 1.29 is 24.5 Å². The van der Waals surface area contributed by atoms with E-state index in [1.54, 1.807) is 0 Å². The number of aliphatic hydroxyl groups is 2. The topological polar surface area (TPSA) is 95.9 Å². The third kappa shape index (κ3) is 36.5. The number of allylic oxidation sites excluding steroid dienone is 10. The van der Waals surface area contributed by atoms with E-state index in [-0.39, 0.29) is 24.9 Å². The molecule has 0 aromatic heterocycles. The van der Waals surface area contributed by atoms with Gasteiger partial charge in [-0.15, -0.1) is 0 Å². The van der Waals surface area contributed by atoms with Crippen LogP contribution in [-0.4, -0.2) is 46.9 Å². The van der Waals surface area contributed by atoms with Crippen LogP contribution in [0.5, 0.6) is 0 Å². The summed E-state index contributed by atoms with van der Waals surface area (Å²) in [6, 6.07) is -0.708. The predicted octanol–water partition coefficient (Wildman–Crippen LogP) is 12.9. The Balaban J connectivity index is 4.52. The second-order valence-corrected chi connectivity index (χ2v) is 15.2. The van der Waals surface area contributed by atoms with Crippen LogP contribution in [0.1, 0.15) is 207 Å². The van der Waals surface area contributed by atoms with Gasteiger partial charge in [0.15, 0.2) is 0 Å². The van der Waals surface area contributed by atoms with Crippen molar-refractivity contribution in [1.29, 1.82) is 0 Å². The first-order chi connectivity index (χ1) is 26.5. The molecule has 3 unspecified atom stereocenters. The van der Waals surface area contributed by atoms with Gasteiger partial charge in [0, 0.05) is 6.42 Å². The molecule has 0 aromatic carbocycles. The van der Waals surface area contributed by atoms with Crippen LogP contribution >= 0.6 is 0 Å². The Bertz CT molecular complexity index is 984. The molecule has 3 N–H and O–H groups in total. The van der Waals surface area contributed by atoms with Crippen LogP contribution < -0.4 is 5.32 Å². The van der Waals surface area contributed by atoms with E-state index in [1.165, 1.54) is 89.9 Å². The first-order valence-corrected chi connectivity index (χ1v) is 22.6. The van der Waals surface area contributed by atoms with E-state index >= 15 is 0 Å². The van der Waals surface area contributed by atoms with Crippen molar-refractivity contribution in [3.63, 3.8) is 0 Å². The third-order valence-corrected chi connectivity index (χ3v) is 9.99. The molecule has 0 aliphatic carbocycles. The van der Waals surface area contributed by atoms with Crippen LogP contribution in [0.3, 0.4) is 0 Å². The van der Waals surface area contributed by atoms with Gasteiger partial charge in [-0.05, 0) is 44.9 Å². The van der Waals surface area contributed by atoms with E-state index in [2.05, 4.69) is 44.3 Å².